The van der Waals surface area contributed by atoms with Gasteiger partial charge in [-0.3, -0.25) is 9.67 Å². The average molecular weight is 382 g/mol. The van der Waals surface area contributed by atoms with Crippen molar-refractivity contribution in [2.75, 3.05) is 12.4 Å². The minimum Gasteiger partial charge on any atom is -0.497 e. The molecule has 0 radical (unpaired) electrons. The molecule has 0 aliphatic rings. The highest BCUT2D eigenvalue weighted by atomic mass is 16.5. The van der Waals surface area contributed by atoms with Gasteiger partial charge >= 0.3 is 0 Å². The van der Waals surface area contributed by atoms with E-state index in [-0.39, 0.29) is 0 Å². The molecule has 0 atom stereocenters. The molecule has 5 rings (SSSR count). The number of pyridine rings is 1. The molecule has 0 aliphatic heterocycles. The minimum atomic E-state index is 0.616. The average Bonchev–Trinajstić information content (AvgIpc) is 3.14. The Balaban J connectivity index is 1.70. The van der Waals surface area contributed by atoms with E-state index < -0.39 is 0 Å². The molecule has 0 fully saturated rings. The maximum atomic E-state index is 5.33. The Hall–Kier alpha value is -4.00. The van der Waals surface area contributed by atoms with Crippen molar-refractivity contribution in [2.24, 2.45) is 7.05 Å². The van der Waals surface area contributed by atoms with E-state index >= 15 is 0 Å². The number of methoxy groups -OCH3 is 1. The Labute approximate surface area is 167 Å². The summed E-state index contributed by atoms with van der Waals surface area (Å²) in [6, 6.07) is 17.6. The van der Waals surface area contributed by atoms with Crippen LogP contribution in [0, 0.1) is 0 Å². The first-order valence-corrected chi connectivity index (χ1v) is 9.18. The van der Waals surface area contributed by atoms with Gasteiger partial charge in [-0.05, 0) is 24.3 Å². The van der Waals surface area contributed by atoms with Gasteiger partial charge < -0.3 is 10.1 Å². The first kappa shape index (κ1) is 17.1. The van der Waals surface area contributed by atoms with Gasteiger partial charge in [0.25, 0.3) is 0 Å². The molecule has 0 amide bonds. The minimum absolute atomic E-state index is 0.616. The van der Waals surface area contributed by atoms with Crippen molar-refractivity contribution in [3.05, 3.63) is 67.0 Å². The Morgan fingerprint density at radius 3 is 2.76 bits per heavy atom. The Morgan fingerprint density at radius 2 is 1.86 bits per heavy atom. The van der Waals surface area contributed by atoms with E-state index in [1.165, 1.54) is 0 Å². The number of fused-ring (bicyclic) bond motifs is 2. The lowest BCUT2D eigenvalue weighted by Crippen LogP contribution is -2.01. The van der Waals surface area contributed by atoms with Crippen LogP contribution in [-0.2, 0) is 7.05 Å². The van der Waals surface area contributed by atoms with Crippen LogP contribution in [-0.4, -0.2) is 31.8 Å². The molecular weight excluding hydrogens is 364 g/mol. The van der Waals surface area contributed by atoms with Gasteiger partial charge in [0.15, 0.2) is 11.5 Å². The number of ether oxygens (including phenoxy) is 1. The van der Waals surface area contributed by atoms with E-state index in [0.717, 1.165) is 38.9 Å². The van der Waals surface area contributed by atoms with Crippen molar-refractivity contribution in [3.63, 3.8) is 0 Å². The first-order valence-electron chi connectivity index (χ1n) is 9.18. The van der Waals surface area contributed by atoms with Gasteiger partial charge in [0.05, 0.1) is 24.2 Å². The molecule has 7 heteroatoms. The molecule has 3 aromatic heterocycles. The monoisotopic (exact) mass is 382 g/mol. The maximum Gasteiger partial charge on any atom is 0.164 e. The van der Waals surface area contributed by atoms with Gasteiger partial charge in [-0.2, -0.15) is 5.10 Å². The van der Waals surface area contributed by atoms with Crippen molar-refractivity contribution in [1.29, 1.82) is 0 Å². The Morgan fingerprint density at radius 1 is 0.966 bits per heavy atom. The van der Waals surface area contributed by atoms with Crippen molar-refractivity contribution < 1.29 is 4.74 Å². The SMILES string of the molecule is COc1cccc(Nc2nc(-c3cccc4ncccc34)nc3c2cnn3C)c1. The molecule has 1 N–H and O–H groups in total. The van der Waals surface area contributed by atoms with Crippen molar-refractivity contribution in [2.45, 2.75) is 0 Å². The summed E-state index contributed by atoms with van der Waals surface area (Å²) in [5.41, 5.74) is 3.45. The van der Waals surface area contributed by atoms with Gasteiger partial charge in [-0.15, -0.1) is 0 Å². The quantitative estimate of drug-likeness (QED) is 0.498. The summed E-state index contributed by atoms with van der Waals surface area (Å²) in [7, 11) is 3.52. The van der Waals surface area contributed by atoms with Crippen molar-refractivity contribution >= 4 is 33.4 Å². The molecule has 2 aromatic carbocycles. The standard InChI is InChI=1S/C22H18N6O/c1-28-22-18(13-24-28)21(25-14-6-3-7-15(12-14)29-2)26-20(27-22)17-8-4-10-19-16(17)9-5-11-23-19/h3-13H,1-2H3,(H,25,26,27). The van der Waals surface area contributed by atoms with E-state index in [1.807, 2.05) is 61.6 Å². The second kappa shape index (κ2) is 6.87. The highest BCUT2D eigenvalue weighted by molar-refractivity contribution is 5.96. The van der Waals surface area contributed by atoms with Crippen LogP contribution in [0.15, 0.2) is 67.0 Å². The van der Waals surface area contributed by atoms with E-state index in [4.69, 9.17) is 14.7 Å². The fourth-order valence-corrected chi connectivity index (χ4v) is 3.37. The fourth-order valence-electron chi connectivity index (χ4n) is 3.37. The van der Waals surface area contributed by atoms with Crippen molar-refractivity contribution in [1.82, 2.24) is 24.7 Å². The molecular formula is C22H18N6O. The number of hydrogen-bond donors (Lipinski definition) is 1. The molecule has 0 saturated heterocycles. The second-order valence-corrected chi connectivity index (χ2v) is 6.63. The number of nitrogens with one attached hydrogen (secondary N) is 1. The zero-order chi connectivity index (χ0) is 19.8. The van der Waals surface area contributed by atoms with Crippen molar-refractivity contribution in [3.8, 4) is 17.1 Å². The lowest BCUT2D eigenvalue weighted by Gasteiger charge is -2.11. The predicted octanol–water partition coefficient (Wildman–Crippen LogP) is 4.33. The maximum absolute atomic E-state index is 5.33. The summed E-state index contributed by atoms with van der Waals surface area (Å²) in [6.45, 7) is 0. The topological polar surface area (TPSA) is 77.8 Å². The summed E-state index contributed by atoms with van der Waals surface area (Å²) >= 11 is 0. The van der Waals surface area contributed by atoms with Crippen LogP contribution < -0.4 is 10.1 Å². The third-order valence-electron chi connectivity index (χ3n) is 4.81. The third kappa shape index (κ3) is 3.02. The van der Waals surface area contributed by atoms with Crippen LogP contribution >= 0.6 is 0 Å². The van der Waals surface area contributed by atoms with Crippen LogP contribution in [0.5, 0.6) is 5.75 Å². The Kier molecular flexibility index (Phi) is 4.05. The summed E-state index contributed by atoms with van der Waals surface area (Å²) in [4.78, 5) is 14.1. The third-order valence-corrected chi connectivity index (χ3v) is 4.81. The molecule has 5 aromatic rings. The van der Waals surface area contributed by atoms with Crippen LogP contribution in [0.2, 0.25) is 0 Å². The second-order valence-electron chi connectivity index (χ2n) is 6.63. The lowest BCUT2D eigenvalue weighted by molar-refractivity contribution is 0.415. The van der Waals surface area contributed by atoms with Gasteiger partial charge in [-0.1, -0.05) is 24.3 Å². The van der Waals surface area contributed by atoms with E-state index in [2.05, 4.69) is 15.4 Å². The number of benzene rings is 2. The molecule has 0 spiro atoms. The van der Waals surface area contributed by atoms with E-state index in [1.54, 1.807) is 24.2 Å². The van der Waals surface area contributed by atoms with Gasteiger partial charge in [-0.25, -0.2) is 9.97 Å². The van der Waals surface area contributed by atoms with E-state index in [9.17, 15) is 0 Å². The van der Waals surface area contributed by atoms with Gasteiger partial charge in [0, 0.05) is 35.9 Å². The molecule has 7 nitrogen and oxygen atoms in total. The highest BCUT2D eigenvalue weighted by Gasteiger charge is 2.15. The van der Waals surface area contributed by atoms with Gasteiger partial charge in [0.2, 0.25) is 0 Å². The number of anilines is 2. The highest BCUT2D eigenvalue weighted by Crippen LogP contribution is 2.31. The summed E-state index contributed by atoms with van der Waals surface area (Å²) in [6.07, 6.45) is 3.55. The Bertz CT molecular complexity index is 1340. The number of rotatable bonds is 4. The zero-order valence-corrected chi connectivity index (χ0v) is 16.0. The molecule has 0 saturated carbocycles. The molecule has 0 bridgehead atoms. The summed E-state index contributed by atoms with van der Waals surface area (Å²) in [5.74, 6) is 2.07. The molecule has 3 heterocycles. The molecule has 29 heavy (non-hydrogen) atoms. The van der Waals surface area contributed by atoms with Crippen LogP contribution in [0.25, 0.3) is 33.3 Å². The number of hydrogen-bond acceptors (Lipinski definition) is 6. The predicted molar refractivity (Wildman–Crippen MR) is 113 cm³/mol. The van der Waals surface area contributed by atoms with Crippen LogP contribution in [0.1, 0.15) is 0 Å². The van der Waals surface area contributed by atoms with Gasteiger partial charge in [0.1, 0.15) is 11.6 Å². The normalized spacial score (nSPS) is 11.1. The molecule has 0 aliphatic carbocycles. The van der Waals surface area contributed by atoms with Crippen LogP contribution in [0.4, 0.5) is 11.5 Å². The summed E-state index contributed by atoms with van der Waals surface area (Å²) < 4.78 is 7.08. The lowest BCUT2D eigenvalue weighted by atomic mass is 10.1. The summed E-state index contributed by atoms with van der Waals surface area (Å²) in [5, 5.41) is 9.61. The smallest absolute Gasteiger partial charge is 0.164 e. The molecule has 0 unspecified atom stereocenters. The first-order chi connectivity index (χ1) is 14.2. The van der Waals surface area contributed by atoms with Crippen LogP contribution in [0.3, 0.4) is 0 Å². The zero-order valence-electron chi connectivity index (χ0n) is 16.0. The fraction of sp³-hybridized carbons (Fsp3) is 0.0909. The largest absolute Gasteiger partial charge is 0.497 e. The number of nitrogens with zero attached hydrogens (tertiary/aromatic N) is 5. The number of aromatic nitrogens is 5. The molecule has 142 valence electrons. The van der Waals surface area contributed by atoms with E-state index in [0.29, 0.717) is 11.6 Å². The number of aryl methyl sites for hydroxylation is 1.